The maximum atomic E-state index is 13.5. The Morgan fingerprint density at radius 3 is 2.41 bits per heavy atom. The van der Waals surface area contributed by atoms with E-state index in [0.717, 1.165) is 19.1 Å². The lowest BCUT2D eigenvalue weighted by atomic mass is 9.98. The van der Waals surface area contributed by atoms with Gasteiger partial charge >= 0.3 is 0 Å². The van der Waals surface area contributed by atoms with Crippen molar-refractivity contribution in [3.8, 4) is 5.75 Å². The fraction of sp³-hybridized carbons (Fsp3) is 0.360. The van der Waals surface area contributed by atoms with E-state index in [0.29, 0.717) is 52.1 Å². The Morgan fingerprint density at radius 1 is 1.03 bits per heavy atom. The van der Waals surface area contributed by atoms with Crippen LogP contribution in [0.15, 0.2) is 46.9 Å². The van der Waals surface area contributed by atoms with Crippen molar-refractivity contribution in [2.75, 3.05) is 24.8 Å². The van der Waals surface area contributed by atoms with Gasteiger partial charge in [0.25, 0.3) is 10.1 Å². The third-order valence-electron chi connectivity index (χ3n) is 5.04. The number of ether oxygens (including phenoxy) is 1. The van der Waals surface area contributed by atoms with Crippen molar-refractivity contribution >= 4 is 38.5 Å². The quantitative estimate of drug-likeness (QED) is 0.224. The molecule has 34 heavy (non-hydrogen) atoms. The van der Waals surface area contributed by atoms with Crippen molar-refractivity contribution in [3.05, 3.63) is 59.4 Å². The number of rotatable bonds is 12. The Labute approximate surface area is 199 Å². The van der Waals surface area contributed by atoms with Crippen LogP contribution in [0.1, 0.15) is 54.8 Å². The van der Waals surface area contributed by atoms with E-state index in [4.69, 9.17) is 9.15 Å². The Balaban J connectivity index is 1.79. The number of carbonyl (C=O) groups is 2. The predicted octanol–water partition coefficient (Wildman–Crippen LogP) is 4.71. The van der Waals surface area contributed by atoms with Gasteiger partial charge in [-0.05, 0) is 48.9 Å². The first kappa shape index (κ1) is 25.5. The summed E-state index contributed by atoms with van der Waals surface area (Å²) in [4.78, 5) is 25.0. The summed E-state index contributed by atoms with van der Waals surface area (Å²) in [7, 11) is -3.46. The summed E-state index contributed by atoms with van der Waals surface area (Å²) in [5.74, 6) is 0.832. The minimum atomic E-state index is -3.46. The summed E-state index contributed by atoms with van der Waals surface area (Å²) < 4.78 is 38.2. The van der Waals surface area contributed by atoms with Crippen LogP contribution in [0.4, 0.5) is 5.69 Å². The van der Waals surface area contributed by atoms with Crippen molar-refractivity contribution in [3.63, 3.8) is 0 Å². The van der Waals surface area contributed by atoms with Gasteiger partial charge in [0, 0.05) is 36.4 Å². The summed E-state index contributed by atoms with van der Waals surface area (Å²) in [6.45, 7) is 3.83. The van der Waals surface area contributed by atoms with Crippen molar-refractivity contribution < 1.29 is 31.3 Å². The van der Waals surface area contributed by atoms with Gasteiger partial charge in [-0.25, -0.2) is 0 Å². The number of carbonyl (C=O) groups excluding carboxylic acids is 2. The van der Waals surface area contributed by atoms with Crippen LogP contribution in [0.3, 0.4) is 0 Å². The molecule has 8 nitrogen and oxygen atoms in total. The van der Waals surface area contributed by atoms with Crippen molar-refractivity contribution in [1.82, 2.24) is 0 Å². The molecule has 0 spiro atoms. The van der Waals surface area contributed by atoms with Gasteiger partial charge in [-0.2, -0.15) is 8.42 Å². The summed E-state index contributed by atoms with van der Waals surface area (Å²) >= 11 is 0. The second-order valence-electron chi connectivity index (χ2n) is 7.98. The molecule has 3 aromatic rings. The molecule has 0 radical (unpaired) electrons. The zero-order valence-corrected chi connectivity index (χ0v) is 20.4. The average Bonchev–Trinajstić information content (AvgIpc) is 3.13. The molecule has 0 bridgehead atoms. The second-order valence-corrected chi connectivity index (χ2v) is 9.62. The van der Waals surface area contributed by atoms with Gasteiger partial charge in [0.05, 0.1) is 25.0 Å². The smallest absolute Gasteiger partial charge is 0.264 e. The van der Waals surface area contributed by atoms with Gasteiger partial charge < -0.3 is 14.5 Å². The van der Waals surface area contributed by atoms with Crippen LogP contribution in [-0.4, -0.2) is 39.6 Å². The maximum absolute atomic E-state index is 13.5. The third-order valence-corrected chi connectivity index (χ3v) is 5.63. The molecule has 0 aliphatic heterocycles. The number of nitrogens with one attached hydrogen (secondary N) is 1. The molecular formula is C25H29NO7S. The standard InChI is InChI=1S/C25H29NO7S/c1-4-5-7-23-24(21-16-19(26-17(2)27)10-13-22(21)33-23)25(28)18-8-11-20(12-9-18)31-14-6-15-32-34(3,29)30/h8-13,16H,4-7,14-15H2,1-3H3,(H,26,27). The summed E-state index contributed by atoms with van der Waals surface area (Å²) in [5.41, 5.74) is 2.18. The molecule has 0 unspecified atom stereocenters. The van der Waals surface area contributed by atoms with Crippen molar-refractivity contribution in [2.45, 2.75) is 39.5 Å². The molecule has 0 saturated carbocycles. The van der Waals surface area contributed by atoms with E-state index in [-0.39, 0.29) is 24.9 Å². The lowest BCUT2D eigenvalue weighted by Crippen LogP contribution is -2.08. The van der Waals surface area contributed by atoms with Crippen LogP contribution in [0, 0.1) is 0 Å². The van der Waals surface area contributed by atoms with Crippen molar-refractivity contribution in [1.29, 1.82) is 0 Å². The number of unbranched alkanes of at least 4 members (excludes halogenated alkanes) is 1. The molecule has 0 saturated heterocycles. The number of aryl methyl sites for hydroxylation is 1. The van der Waals surface area contributed by atoms with E-state index in [1.807, 2.05) is 0 Å². The minimum Gasteiger partial charge on any atom is -0.494 e. The topological polar surface area (TPSA) is 112 Å². The summed E-state index contributed by atoms with van der Waals surface area (Å²) in [6, 6.07) is 12.0. The molecule has 0 fully saturated rings. The number of ketones is 1. The van der Waals surface area contributed by atoms with Crippen LogP contribution < -0.4 is 10.1 Å². The third kappa shape index (κ3) is 6.91. The van der Waals surface area contributed by atoms with Crippen LogP contribution in [-0.2, 0) is 25.5 Å². The van der Waals surface area contributed by atoms with Crippen LogP contribution in [0.5, 0.6) is 5.75 Å². The first-order valence-corrected chi connectivity index (χ1v) is 12.9. The number of hydrogen-bond acceptors (Lipinski definition) is 7. The molecule has 0 aliphatic carbocycles. The number of amides is 1. The minimum absolute atomic E-state index is 0.0456. The van der Waals surface area contributed by atoms with Gasteiger partial charge in [-0.3, -0.25) is 13.8 Å². The zero-order valence-electron chi connectivity index (χ0n) is 19.6. The Hall–Kier alpha value is -3.17. The molecular weight excluding hydrogens is 458 g/mol. The monoisotopic (exact) mass is 487 g/mol. The molecule has 9 heteroatoms. The van der Waals surface area contributed by atoms with E-state index < -0.39 is 10.1 Å². The van der Waals surface area contributed by atoms with Gasteiger partial charge in [-0.1, -0.05) is 13.3 Å². The van der Waals surface area contributed by atoms with E-state index >= 15 is 0 Å². The van der Waals surface area contributed by atoms with Gasteiger partial charge in [0.15, 0.2) is 5.78 Å². The normalized spacial score (nSPS) is 11.5. The van der Waals surface area contributed by atoms with E-state index in [1.54, 1.807) is 42.5 Å². The van der Waals surface area contributed by atoms with Crippen molar-refractivity contribution in [2.24, 2.45) is 0 Å². The Kier molecular flexibility index (Phi) is 8.46. The molecule has 0 atom stereocenters. The molecule has 1 N–H and O–H groups in total. The zero-order chi connectivity index (χ0) is 24.7. The fourth-order valence-electron chi connectivity index (χ4n) is 3.50. The van der Waals surface area contributed by atoms with Crippen LogP contribution in [0.25, 0.3) is 11.0 Å². The first-order chi connectivity index (χ1) is 16.2. The Morgan fingerprint density at radius 2 is 1.76 bits per heavy atom. The Bertz CT molecular complexity index is 1260. The van der Waals surface area contributed by atoms with Gasteiger partial charge in [0.1, 0.15) is 17.1 Å². The number of fused-ring (bicyclic) bond motifs is 1. The van der Waals surface area contributed by atoms with Gasteiger partial charge in [0.2, 0.25) is 5.91 Å². The van der Waals surface area contributed by atoms with Crippen LogP contribution >= 0.6 is 0 Å². The van der Waals surface area contributed by atoms with E-state index in [1.165, 1.54) is 6.92 Å². The molecule has 3 rings (SSSR count). The number of benzene rings is 2. The van der Waals surface area contributed by atoms with Gasteiger partial charge in [-0.15, -0.1) is 0 Å². The molecule has 1 amide bonds. The summed E-state index contributed by atoms with van der Waals surface area (Å²) in [5, 5.41) is 3.41. The largest absolute Gasteiger partial charge is 0.494 e. The molecule has 1 aromatic heterocycles. The molecule has 1 heterocycles. The fourth-order valence-corrected chi connectivity index (χ4v) is 3.92. The second kappa shape index (κ2) is 11.3. The van der Waals surface area contributed by atoms with E-state index in [9.17, 15) is 18.0 Å². The highest BCUT2D eigenvalue weighted by molar-refractivity contribution is 7.85. The lowest BCUT2D eigenvalue weighted by Gasteiger charge is -2.08. The lowest BCUT2D eigenvalue weighted by molar-refractivity contribution is -0.114. The highest BCUT2D eigenvalue weighted by Crippen LogP contribution is 2.32. The molecule has 182 valence electrons. The highest BCUT2D eigenvalue weighted by atomic mass is 32.2. The van der Waals surface area contributed by atoms with Crippen LogP contribution in [0.2, 0.25) is 0 Å². The molecule has 2 aromatic carbocycles. The SMILES string of the molecule is CCCCc1oc2ccc(NC(C)=O)cc2c1C(=O)c1ccc(OCCCOS(C)(=O)=O)cc1. The maximum Gasteiger partial charge on any atom is 0.264 e. The predicted molar refractivity (Wildman–Crippen MR) is 130 cm³/mol. The first-order valence-electron chi connectivity index (χ1n) is 11.1. The molecule has 0 aliphatic rings. The number of anilines is 1. The average molecular weight is 488 g/mol. The number of hydrogen-bond donors (Lipinski definition) is 1. The summed E-state index contributed by atoms with van der Waals surface area (Å²) in [6.07, 6.45) is 3.89. The highest BCUT2D eigenvalue weighted by Gasteiger charge is 2.22. The van der Waals surface area contributed by atoms with E-state index in [2.05, 4.69) is 16.4 Å². The number of furan rings is 1.